The van der Waals surface area contributed by atoms with Gasteiger partial charge < -0.3 is 0 Å². The fourth-order valence-electron chi connectivity index (χ4n) is 1.43. The summed E-state index contributed by atoms with van der Waals surface area (Å²) in [4.78, 5) is 8.73. The molecule has 0 aliphatic heterocycles. The number of hydrogen-bond acceptors (Lipinski definition) is 3. The van der Waals surface area contributed by atoms with Gasteiger partial charge in [0.15, 0.2) is 5.82 Å². The second kappa shape index (κ2) is 2.90. The van der Waals surface area contributed by atoms with Gasteiger partial charge in [-0.15, -0.1) is 0 Å². The molecule has 0 spiro atoms. The normalized spacial score (nSPS) is 15.7. The molecule has 4 heteroatoms. The standard InChI is InChI=1S/C10H10N4/c1-5-12-14(7-1)9-4-6-11-10(13-9)8-2-3-8/h1,4-8H,2-3H2. The first-order valence-corrected chi connectivity index (χ1v) is 4.76. The third kappa shape index (κ3) is 1.28. The minimum Gasteiger partial charge on any atom is -0.241 e. The van der Waals surface area contributed by atoms with Gasteiger partial charge in [0.2, 0.25) is 0 Å². The van der Waals surface area contributed by atoms with Crippen molar-refractivity contribution in [1.82, 2.24) is 19.7 Å². The van der Waals surface area contributed by atoms with E-state index < -0.39 is 0 Å². The van der Waals surface area contributed by atoms with E-state index in [0.29, 0.717) is 5.92 Å². The molecule has 0 unspecified atom stereocenters. The van der Waals surface area contributed by atoms with Crippen LogP contribution in [-0.4, -0.2) is 19.7 Å². The lowest BCUT2D eigenvalue weighted by atomic mass is 10.4. The van der Waals surface area contributed by atoms with E-state index in [1.165, 1.54) is 12.8 Å². The van der Waals surface area contributed by atoms with Gasteiger partial charge in [0.05, 0.1) is 0 Å². The van der Waals surface area contributed by atoms with Crippen LogP contribution in [0.15, 0.2) is 30.7 Å². The summed E-state index contributed by atoms with van der Waals surface area (Å²) in [6.45, 7) is 0. The Hall–Kier alpha value is -1.71. The van der Waals surface area contributed by atoms with E-state index in [1.54, 1.807) is 17.1 Å². The zero-order chi connectivity index (χ0) is 9.38. The van der Waals surface area contributed by atoms with E-state index >= 15 is 0 Å². The molecule has 1 aliphatic carbocycles. The van der Waals surface area contributed by atoms with Crippen molar-refractivity contribution in [2.75, 3.05) is 0 Å². The van der Waals surface area contributed by atoms with Crippen LogP contribution in [0.3, 0.4) is 0 Å². The maximum Gasteiger partial charge on any atom is 0.156 e. The lowest BCUT2D eigenvalue weighted by Crippen LogP contribution is -2.01. The smallest absolute Gasteiger partial charge is 0.156 e. The Morgan fingerprint density at radius 3 is 2.93 bits per heavy atom. The molecule has 1 fully saturated rings. The van der Waals surface area contributed by atoms with Gasteiger partial charge >= 0.3 is 0 Å². The van der Waals surface area contributed by atoms with Crippen LogP contribution in [0, 0.1) is 0 Å². The predicted molar refractivity (Wildman–Crippen MR) is 51.1 cm³/mol. The summed E-state index contributed by atoms with van der Waals surface area (Å²) in [6.07, 6.45) is 7.89. The highest BCUT2D eigenvalue weighted by Crippen LogP contribution is 2.37. The van der Waals surface area contributed by atoms with Crippen LogP contribution in [0.4, 0.5) is 0 Å². The molecule has 2 aromatic rings. The van der Waals surface area contributed by atoms with Gasteiger partial charge in [0.25, 0.3) is 0 Å². The maximum atomic E-state index is 4.47. The Bertz CT molecular complexity index is 431. The van der Waals surface area contributed by atoms with Crippen LogP contribution in [-0.2, 0) is 0 Å². The first kappa shape index (κ1) is 7.67. The predicted octanol–water partition coefficient (Wildman–Crippen LogP) is 1.54. The zero-order valence-electron chi connectivity index (χ0n) is 7.67. The van der Waals surface area contributed by atoms with E-state index in [1.807, 2.05) is 18.3 Å². The van der Waals surface area contributed by atoms with Gasteiger partial charge in [-0.2, -0.15) is 5.10 Å². The summed E-state index contributed by atoms with van der Waals surface area (Å²) >= 11 is 0. The summed E-state index contributed by atoms with van der Waals surface area (Å²) in [6, 6.07) is 3.76. The summed E-state index contributed by atoms with van der Waals surface area (Å²) in [5.74, 6) is 2.40. The highest BCUT2D eigenvalue weighted by molar-refractivity contribution is 5.21. The first-order chi connectivity index (χ1) is 6.93. The van der Waals surface area contributed by atoms with Gasteiger partial charge in [-0.25, -0.2) is 14.6 Å². The first-order valence-electron chi connectivity index (χ1n) is 4.76. The molecule has 70 valence electrons. The molecule has 14 heavy (non-hydrogen) atoms. The average Bonchev–Trinajstić information content (AvgIpc) is 2.94. The van der Waals surface area contributed by atoms with Gasteiger partial charge in [0.1, 0.15) is 5.82 Å². The molecular weight excluding hydrogens is 176 g/mol. The summed E-state index contributed by atoms with van der Waals surface area (Å²) in [5, 5.41) is 4.13. The Morgan fingerprint density at radius 1 is 1.29 bits per heavy atom. The highest BCUT2D eigenvalue weighted by Gasteiger charge is 2.26. The van der Waals surface area contributed by atoms with Crippen molar-refractivity contribution in [1.29, 1.82) is 0 Å². The zero-order valence-corrected chi connectivity index (χ0v) is 7.67. The van der Waals surface area contributed by atoms with E-state index in [-0.39, 0.29) is 0 Å². The Labute approximate surface area is 81.6 Å². The SMILES string of the molecule is c1cnn(-c2ccnc(C3CC3)n2)c1. The second-order valence-electron chi connectivity index (χ2n) is 3.50. The lowest BCUT2D eigenvalue weighted by Gasteiger charge is -2.01. The fraction of sp³-hybridized carbons (Fsp3) is 0.300. The molecule has 0 amide bonds. The molecule has 1 aliphatic rings. The Kier molecular flexibility index (Phi) is 1.59. The number of nitrogens with zero attached hydrogens (tertiary/aromatic N) is 4. The van der Waals surface area contributed by atoms with E-state index in [4.69, 9.17) is 0 Å². The summed E-state index contributed by atoms with van der Waals surface area (Å²) < 4.78 is 1.76. The molecule has 0 radical (unpaired) electrons. The minimum atomic E-state index is 0.588. The fourth-order valence-corrected chi connectivity index (χ4v) is 1.43. The van der Waals surface area contributed by atoms with E-state index in [0.717, 1.165) is 11.6 Å². The van der Waals surface area contributed by atoms with Crippen molar-refractivity contribution >= 4 is 0 Å². The molecule has 0 atom stereocenters. The highest BCUT2D eigenvalue weighted by atomic mass is 15.3. The van der Waals surface area contributed by atoms with Crippen molar-refractivity contribution in [2.24, 2.45) is 0 Å². The molecule has 4 nitrogen and oxygen atoms in total. The van der Waals surface area contributed by atoms with Crippen molar-refractivity contribution in [2.45, 2.75) is 18.8 Å². The van der Waals surface area contributed by atoms with Crippen LogP contribution in [0.25, 0.3) is 5.82 Å². The second-order valence-corrected chi connectivity index (χ2v) is 3.50. The van der Waals surface area contributed by atoms with Crippen LogP contribution < -0.4 is 0 Å². The van der Waals surface area contributed by atoms with Gasteiger partial charge in [-0.1, -0.05) is 0 Å². The molecule has 0 aromatic carbocycles. The quantitative estimate of drug-likeness (QED) is 0.714. The molecule has 0 saturated heterocycles. The summed E-state index contributed by atoms with van der Waals surface area (Å²) in [7, 11) is 0. The Balaban J connectivity index is 2.02. The van der Waals surface area contributed by atoms with Gasteiger partial charge in [0, 0.05) is 30.6 Å². The lowest BCUT2D eigenvalue weighted by molar-refractivity contribution is 0.809. The van der Waals surface area contributed by atoms with Crippen molar-refractivity contribution in [3.63, 3.8) is 0 Å². The third-order valence-electron chi connectivity index (χ3n) is 2.34. The Morgan fingerprint density at radius 2 is 2.21 bits per heavy atom. The van der Waals surface area contributed by atoms with E-state index in [9.17, 15) is 0 Å². The molecule has 3 rings (SSSR count). The molecule has 2 aromatic heterocycles. The van der Waals surface area contributed by atoms with E-state index in [2.05, 4.69) is 15.1 Å². The topological polar surface area (TPSA) is 43.6 Å². The largest absolute Gasteiger partial charge is 0.241 e. The number of hydrogen-bond donors (Lipinski definition) is 0. The van der Waals surface area contributed by atoms with Gasteiger partial charge in [-0.3, -0.25) is 0 Å². The molecular formula is C10H10N4. The monoisotopic (exact) mass is 186 g/mol. The van der Waals surface area contributed by atoms with Crippen LogP contribution in [0.1, 0.15) is 24.6 Å². The number of rotatable bonds is 2. The molecule has 0 N–H and O–H groups in total. The maximum absolute atomic E-state index is 4.47. The van der Waals surface area contributed by atoms with Crippen LogP contribution in [0.2, 0.25) is 0 Å². The minimum absolute atomic E-state index is 0.588. The van der Waals surface area contributed by atoms with Gasteiger partial charge in [-0.05, 0) is 18.9 Å². The van der Waals surface area contributed by atoms with Crippen LogP contribution >= 0.6 is 0 Å². The van der Waals surface area contributed by atoms with Crippen molar-refractivity contribution in [3.8, 4) is 5.82 Å². The summed E-state index contributed by atoms with van der Waals surface area (Å²) in [5.41, 5.74) is 0. The molecule has 2 heterocycles. The van der Waals surface area contributed by atoms with Crippen LogP contribution in [0.5, 0.6) is 0 Å². The van der Waals surface area contributed by atoms with Crippen molar-refractivity contribution < 1.29 is 0 Å². The third-order valence-corrected chi connectivity index (χ3v) is 2.34. The van der Waals surface area contributed by atoms with Crippen molar-refractivity contribution in [3.05, 3.63) is 36.5 Å². The average molecular weight is 186 g/mol. The number of aromatic nitrogens is 4. The molecule has 0 bridgehead atoms. The molecule has 1 saturated carbocycles.